The predicted octanol–water partition coefficient (Wildman–Crippen LogP) is 0.862. The molecule has 0 radical (unpaired) electrons. The Morgan fingerprint density at radius 3 is 2.70 bits per heavy atom. The molecule has 1 fully saturated rings. The van der Waals surface area contributed by atoms with Crippen LogP contribution < -0.4 is 10.0 Å². The fourth-order valence-electron chi connectivity index (χ4n) is 2.77. The van der Waals surface area contributed by atoms with Gasteiger partial charge in [0.25, 0.3) is 0 Å². The van der Waals surface area contributed by atoms with Crippen molar-refractivity contribution in [1.82, 2.24) is 14.9 Å². The number of furan rings is 1. The van der Waals surface area contributed by atoms with Crippen molar-refractivity contribution in [3.63, 3.8) is 0 Å². The summed E-state index contributed by atoms with van der Waals surface area (Å²) in [5, 5.41) is 2.88. The highest BCUT2D eigenvalue weighted by Crippen LogP contribution is 2.24. The first kappa shape index (κ1) is 18.0. The van der Waals surface area contributed by atoms with Crippen molar-refractivity contribution in [3.05, 3.63) is 24.2 Å². The number of nitrogens with one attached hydrogen (secondary N) is 2. The van der Waals surface area contributed by atoms with Crippen LogP contribution in [0.15, 0.2) is 22.8 Å². The molecule has 1 aromatic rings. The minimum atomic E-state index is -3.26. The Morgan fingerprint density at radius 1 is 1.35 bits per heavy atom. The number of sulfonamides is 1. The minimum absolute atomic E-state index is 0.0251. The lowest BCUT2D eigenvalue weighted by Crippen LogP contribution is -2.41. The standard InChI is InChI=1S/C15H25N3O4S/c1-23(20,21)17-8-7-15(19)16-12-13(14-6-5-11-22-14)18-9-3-2-4-10-18/h5-6,11,13,17H,2-4,7-10,12H2,1H3,(H,16,19)/t13-/m1/s1. The summed E-state index contributed by atoms with van der Waals surface area (Å²) in [5.74, 6) is 0.677. The number of hydrogen-bond donors (Lipinski definition) is 2. The van der Waals surface area contributed by atoms with Crippen molar-refractivity contribution in [3.8, 4) is 0 Å². The first-order valence-electron chi connectivity index (χ1n) is 7.94. The maximum Gasteiger partial charge on any atom is 0.221 e. The molecule has 130 valence electrons. The Hall–Kier alpha value is -1.38. The second-order valence-corrected chi connectivity index (χ2v) is 7.68. The van der Waals surface area contributed by atoms with Crippen LogP contribution >= 0.6 is 0 Å². The number of piperidine rings is 1. The van der Waals surface area contributed by atoms with E-state index in [0.717, 1.165) is 37.9 Å². The molecule has 1 aliphatic heterocycles. The summed E-state index contributed by atoms with van der Waals surface area (Å²) in [4.78, 5) is 14.2. The van der Waals surface area contributed by atoms with Gasteiger partial charge in [0.15, 0.2) is 0 Å². The number of amides is 1. The van der Waals surface area contributed by atoms with Crippen molar-refractivity contribution in [2.75, 3.05) is 32.4 Å². The summed E-state index contributed by atoms with van der Waals surface area (Å²) in [6.07, 6.45) is 6.40. The van der Waals surface area contributed by atoms with Crippen molar-refractivity contribution in [2.45, 2.75) is 31.7 Å². The van der Waals surface area contributed by atoms with Gasteiger partial charge in [0.05, 0.1) is 18.6 Å². The van der Waals surface area contributed by atoms with Crippen molar-refractivity contribution < 1.29 is 17.6 Å². The van der Waals surface area contributed by atoms with E-state index in [1.165, 1.54) is 6.42 Å². The molecule has 2 heterocycles. The molecule has 1 aromatic heterocycles. The smallest absolute Gasteiger partial charge is 0.221 e. The number of likely N-dealkylation sites (tertiary alicyclic amines) is 1. The van der Waals surface area contributed by atoms with Gasteiger partial charge in [-0.15, -0.1) is 0 Å². The Bertz CT molecular complexity index is 580. The molecule has 0 aromatic carbocycles. The number of carbonyl (C=O) groups is 1. The molecule has 8 heteroatoms. The highest BCUT2D eigenvalue weighted by Gasteiger charge is 2.24. The Balaban J connectivity index is 1.84. The highest BCUT2D eigenvalue weighted by molar-refractivity contribution is 7.88. The summed E-state index contributed by atoms with van der Waals surface area (Å²) in [7, 11) is -3.26. The fraction of sp³-hybridized carbons (Fsp3) is 0.667. The SMILES string of the molecule is CS(=O)(=O)NCCC(=O)NC[C@H](c1ccco1)N1CCCCC1. The van der Waals surface area contributed by atoms with Gasteiger partial charge in [-0.3, -0.25) is 9.69 Å². The van der Waals surface area contributed by atoms with Gasteiger partial charge in [0.1, 0.15) is 5.76 Å². The number of rotatable bonds is 8. The molecule has 2 rings (SSSR count). The average Bonchev–Trinajstić information content (AvgIpc) is 3.01. The van der Waals surface area contributed by atoms with Gasteiger partial charge < -0.3 is 9.73 Å². The van der Waals surface area contributed by atoms with Crippen LogP contribution in [-0.4, -0.2) is 51.7 Å². The number of nitrogens with zero attached hydrogens (tertiary/aromatic N) is 1. The van der Waals surface area contributed by atoms with Crippen LogP contribution in [0.2, 0.25) is 0 Å². The molecule has 0 bridgehead atoms. The van der Waals surface area contributed by atoms with Crippen LogP contribution in [-0.2, 0) is 14.8 Å². The van der Waals surface area contributed by atoms with Crippen molar-refractivity contribution in [1.29, 1.82) is 0 Å². The van der Waals surface area contributed by atoms with E-state index < -0.39 is 10.0 Å². The second-order valence-electron chi connectivity index (χ2n) is 5.85. The molecule has 1 atom stereocenters. The lowest BCUT2D eigenvalue weighted by atomic mass is 10.1. The third-order valence-corrected chi connectivity index (χ3v) is 4.64. The number of hydrogen-bond acceptors (Lipinski definition) is 5. The zero-order valence-corrected chi connectivity index (χ0v) is 14.3. The van der Waals surface area contributed by atoms with Gasteiger partial charge in [0, 0.05) is 19.5 Å². The van der Waals surface area contributed by atoms with Gasteiger partial charge in [-0.2, -0.15) is 0 Å². The highest BCUT2D eigenvalue weighted by atomic mass is 32.2. The van der Waals surface area contributed by atoms with Crippen LogP contribution in [0.25, 0.3) is 0 Å². The summed E-state index contributed by atoms with van der Waals surface area (Å²) in [5.41, 5.74) is 0. The molecule has 0 unspecified atom stereocenters. The monoisotopic (exact) mass is 343 g/mol. The van der Waals surface area contributed by atoms with Crippen LogP contribution in [0.3, 0.4) is 0 Å². The largest absolute Gasteiger partial charge is 0.468 e. The number of carbonyl (C=O) groups excluding carboxylic acids is 1. The Morgan fingerprint density at radius 2 is 2.09 bits per heavy atom. The van der Waals surface area contributed by atoms with E-state index in [9.17, 15) is 13.2 Å². The van der Waals surface area contributed by atoms with E-state index in [0.29, 0.717) is 6.54 Å². The first-order valence-corrected chi connectivity index (χ1v) is 9.83. The summed E-state index contributed by atoms with van der Waals surface area (Å²) in [6, 6.07) is 3.80. The topological polar surface area (TPSA) is 91.6 Å². The lowest BCUT2D eigenvalue weighted by molar-refractivity contribution is -0.121. The van der Waals surface area contributed by atoms with Gasteiger partial charge in [-0.1, -0.05) is 6.42 Å². The molecule has 1 saturated heterocycles. The van der Waals surface area contributed by atoms with Gasteiger partial charge in [-0.05, 0) is 38.1 Å². The van der Waals surface area contributed by atoms with Crippen molar-refractivity contribution in [2.24, 2.45) is 0 Å². The minimum Gasteiger partial charge on any atom is -0.468 e. The molecule has 1 amide bonds. The third kappa shape index (κ3) is 6.32. The Labute approximate surface area is 137 Å². The molecule has 23 heavy (non-hydrogen) atoms. The zero-order chi connectivity index (χ0) is 16.7. The van der Waals surface area contributed by atoms with Crippen molar-refractivity contribution >= 4 is 15.9 Å². The quantitative estimate of drug-likeness (QED) is 0.730. The van der Waals surface area contributed by atoms with E-state index >= 15 is 0 Å². The second kappa shape index (κ2) is 8.47. The van der Waals surface area contributed by atoms with Crippen LogP contribution in [0.1, 0.15) is 37.5 Å². The first-order chi connectivity index (χ1) is 11.0. The summed E-state index contributed by atoms with van der Waals surface area (Å²) < 4.78 is 29.8. The van der Waals surface area contributed by atoms with E-state index in [2.05, 4.69) is 14.9 Å². The molecule has 0 saturated carbocycles. The predicted molar refractivity (Wildman–Crippen MR) is 87.3 cm³/mol. The van der Waals surface area contributed by atoms with E-state index in [-0.39, 0.29) is 24.9 Å². The summed E-state index contributed by atoms with van der Waals surface area (Å²) >= 11 is 0. The molecule has 1 aliphatic rings. The average molecular weight is 343 g/mol. The Kier molecular flexibility index (Phi) is 6.61. The van der Waals surface area contributed by atoms with Crippen LogP contribution in [0, 0.1) is 0 Å². The normalized spacial score (nSPS) is 17.8. The van der Waals surface area contributed by atoms with E-state index in [1.54, 1.807) is 6.26 Å². The maximum atomic E-state index is 11.9. The van der Waals surface area contributed by atoms with Gasteiger partial charge in [-0.25, -0.2) is 13.1 Å². The molecule has 0 spiro atoms. The third-order valence-electron chi connectivity index (χ3n) is 3.91. The lowest BCUT2D eigenvalue weighted by Gasteiger charge is -2.33. The molecule has 0 aliphatic carbocycles. The molecule has 2 N–H and O–H groups in total. The van der Waals surface area contributed by atoms with Gasteiger partial charge >= 0.3 is 0 Å². The van der Waals surface area contributed by atoms with E-state index in [1.807, 2.05) is 12.1 Å². The van der Waals surface area contributed by atoms with Crippen LogP contribution in [0.5, 0.6) is 0 Å². The fourth-order valence-corrected chi connectivity index (χ4v) is 3.24. The van der Waals surface area contributed by atoms with Crippen LogP contribution in [0.4, 0.5) is 0 Å². The molecular formula is C15H25N3O4S. The summed E-state index contributed by atoms with van der Waals surface area (Å²) in [6.45, 7) is 2.57. The zero-order valence-electron chi connectivity index (χ0n) is 13.5. The van der Waals surface area contributed by atoms with E-state index in [4.69, 9.17) is 4.42 Å². The maximum absolute atomic E-state index is 11.9. The molecule has 7 nitrogen and oxygen atoms in total. The molecular weight excluding hydrogens is 318 g/mol. The van der Waals surface area contributed by atoms with Gasteiger partial charge in [0.2, 0.25) is 15.9 Å².